The van der Waals surface area contributed by atoms with Gasteiger partial charge in [-0.3, -0.25) is 28.3 Å². The van der Waals surface area contributed by atoms with Gasteiger partial charge < -0.3 is 25.0 Å². The zero-order valence-corrected chi connectivity index (χ0v) is 43.5. The van der Waals surface area contributed by atoms with Crippen LogP contribution in [-0.4, -0.2) is 107 Å². The molecule has 0 amide bonds. The maximum Gasteiger partial charge on any atom is 0.431 e. The van der Waals surface area contributed by atoms with Gasteiger partial charge in [0.05, 0.1) is 58.3 Å². The minimum absolute atomic E-state index is 0.0757. The van der Waals surface area contributed by atoms with Crippen LogP contribution in [0, 0.1) is 11.6 Å². The SMILES string of the molecule is CCN(CC)CC.CCOC(=O)CN=C=Nc1cc(-n2c(=O)cc(C(F)(F)F)n(C)c2=O)c(F)cc1Cl.CCOC(=O)CNC(=S)Nc1cc(-n2c(=O)cc(C(F)(F)F)n(C)c2=O)c(F)cc1Cl.CS(=O)(=O)Cl. The van der Waals surface area contributed by atoms with Gasteiger partial charge in [0.25, 0.3) is 11.1 Å². The van der Waals surface area contributed by atoms with E-state index in [2.05, 4.69) is 67.7 Å². The van der Waals surface area contributed by atoms with Crippen LogP contribution in [0.4, 0.5) is 46.5 Å². The molecule has 0 radical (unpaired) electrons. The number of carbonyl (C=O) groups is 2. The molecule has 0 unspecified atom stereocenters. The highest BCUT2D eigenvalue weighted by Gasteiger charge is 2.36. The molecule has 0 aliphatic carbocycles. The van der Waals surface area contributed by atoms with Crippen LogP contribution in [0.3, 0.4) is 0 Å². The molecule has 0 atom stereocenters. The Morgan fingerprint density at radius 3 is 1.55 bits per heavy atom. The molecule has 32 heteroatoms. The molecule has 73 heavy (non-hydrogen) atoms. The van der Waals surface area contributed by atoms with Gasteiger partial charge in [-0.2, -0.15) is 31.3 Å². The molecule has 0 spiro atoms. The lowest BCUT2D eigenvalue weighted by atomic mass is 10.2. The standard InChI is InChI=1S/C17H15ClF4N4O4S.C17H13ClF4N4O4.C6H15N.CH3ClO2S/c1-3-30-14(28)7-23-15(31)24-10-5-11(9(19)4-8(10)18)26-13(27)6-12(17(20,21)22)25(2)16(26)29;1-3-30-15(28)7-23-8-24-11-5-12(10(19)4-9(11)18)26-14(27)6-13(17(20,21)22)25(2)16(26)29;1-4-7(5-2)6-3;1-5(2,3)4/h4-6H,3,7H2,1-2H3,(H2,23,24,31);4-6H,3,7H2,1-2H3;4-6H2,1-3H3;1H3. The number of alkyl halides is 6. The number of nitrogens with one attached hydrogen (secondary N) is 2. The van der Waals surface area contributed by atoms with Gasteiger partial charge in [-0.15, -0.1) is 0 Å². The highest BCUT2D eigenvalue weighted by atomic mass is 35.7. The summed E-state index contributed by atoms with van der Waals surface area (Å²) in [6.07, 6.45) is -9.00. The summed E-state index contributed by atoms with van der Waals surface area (Å²) in [5, 5.41) is 4.46. The Morgan fingerprint density at radius 2 is 1.15 bits per heavy atom. The van der Waals surface area contributed by atoms with Gasteiger partial charge in [0.1, 0.15) is 36.1 Å². The minimum Gasteiger partial charge on any atom is -0.465 e. The van der Waals surface area contributed by atoms with Crippen molar-refractivity contribution in [2.75, 3.05) is 57.5 Å². The average molecular weight is 1150 g/mol. The first kappa shape index (κ1) is 65.0. The number of halogens is 11. The van der Waals surface area contributed by atoms with E-state index in [1.54, 1.807) is 13.8 Å². The van der Waals surface area contributed by atoms with Crippen molar-refractivity contribution in [3.63, 3.8) is 0 Å². The van der Waals surface area contributed by atoms with Crippen LogP contribution < -0.4 is 33.1 Å². The maximum absolute atomic E-state index is 14.5. The second-order valence-corrected chi connectivity index (χ2v) is 18.1. The average Bonchev–Trinajstić information content (AvgIpc) is 3.27. The number of hydrogen-bond acceptors (Lipinski definition) is 14. The largest absolute Gasteiger partial charge is 0.465 e. The third-order valence-electron chi connectivity index (χ3n) is 8.80. The molecule has 4 rings (SSSR count). The van der Waals surface area contributed by atoms with Gasteiger partial charge in [-0.1, -0.05) is 44.0 Å². The fraction of sp³-hybridized carbons (Fsp3) is 0.415. The van der Waals surface area contributed by atoms with Crippen molar-refractivity contribution in [1.29, 1.82) is 0 Å². The van der Waals surface area contributed by atoms with Crippen LogP contribution in [0.25, 0.3) is 11.4 Å². The molecule has 2 heterocycles. The Bertz CT molecular complexity index is 3030. The number of hydrogen-bond donors (Lipinski definition) is 2. The van der Waals surface area contributed by atoms with E-state index >= 15 is 0 Å². The molecule has 0 bridgehead atoms. The third kappa shape index (κ3) is 20.8. The van der Waals surface area contributed by atoms with Crippen molar-refractivity contribution in [2.45, 2.75) is 47.0 Å². The zero-order valence-electron chi connectivity index (χ0n) is 39.6. The van der Waals surface area contributed by atoms with Crippen LogP contribution in [0.2, 0.25) is 10.0 Å². The van der Waals surface area contributed by atoms with Gasteiger partial charge in [0, 0.05) is 36.9 Å². The maximum atomic E-state index is 14.5. The molecule has 2 aromatic carbocycles. The van der Waals surface area contributed by atoms with Crippen LogP contribution in [0.1, 0.15) is 46.0 Å². The van der Waals surface area contributed by atoms with Crippen molar-refractivity contribution in [1.82, 2.24) is 28.5 Å². The second-order valence-electron chi connectivity index (χ2n) is 13.9. The number of aliphatic imine (C=N–C) groups is 2. The number of esters is 2. The fourth-order valence-electron chi connectivity index (χ4n) is 5.42. The number of benzene rings is 2. The number of aromatic nitrogens is 4. The van der Waals surface area contributed by atoms with Crippen molar-refractivity contribution in [2.24, 2.45) is 24.1 Å². The van der Waals surface area contributed by atoms with E-state index in [0.29, 0.717) is 6.07 Å². The quantitative estimate of drug-likeness (QED) is 0.0483. The fourth-order valence-corrected chi connectivity index (χ4v) is 6.00. The molecule has 19 nitrogen and oxygen atoms in total. The molecular weight excluding hydrogens is 1100 g/mol. The van der Waals surface area contributed by atoms with Gasteiger partial charge in [-0.25, -0.2) is 40.9 Å². The van der Waals surface area contributed by atoms with Crippen molar-refractivity contribution < 1.29 is 62.6 Å². The van der Waals surface area contributed by atoms with Gasteiger partial charge >= 0.3 is 35.7 Å². The van der Waals surface area contributed by atoms with E-state index in [-0.39, 0.29) is 76.7 Å². The monoisotopic (exact) mass is 1150 g/mol. The Kier molecular flexibility index (Phi) is 25.9. The van der Waals surface area contributed by atoms with Crippen LogP contribution in [0.15, 0.2) is 65.6 Å². The van der Waals surface area contributed by atoms with Gasteiger partial charge in [0.15, 0.2) is 5.11 Å². The Morgan fingerprint density at radius 1 is 0.740 bits per heavy atom. The lowest BCUT2D eigenvalue weighted by Gasteiger charge is -2.16. The van der Waals surface area contributed by atoms with Crippen molar-refractivity contribution >= 4 is 89.6 Å². The van der Waals surface area contributed by atoms with E-state index < -0.39 is 96.8 Å². The summed E-state index contributed by atoms with van der Waals surface area (Å²) in [6, 6.07) is 5.71. The number of ether oxygens (including phenoxy) is 2. The summed E-state index contributed by atoms with van der Waals surface area (Å²) in [7, 11) is 2.89. The number of rotatable bonds is 13. The van der Waals surface area contributed by atoms with Gasteiger partial charge in [-0.05, 0) is 70.0 Å². The number of carbonyl (C=O) groups excluding carboxylic acids is 2. The van der Waals surface area contributed by atoms with E-state index in [0.717, 1.165) is 38.6 Å². The number of anilines is 1. The molecule has 0 saturated heterocycles. The Hall–Kier alpha value is -5.97. The summed E-state index contributed by atoms with van der Waals surface area (Å²) in [4.78, 5) is 81.2. The van der Waals surface area contributed by atoms with E-state index in [1.807, 2.05) is 0 Å². The number of thiocarbonyl (C=S) groups is 1. The smallest absolute Gasteiger partial charge is 0.431 e. The summed E-state index contributed by atoms with van der Waals surface area (Å²) in [5.41, 5.74) is -10.2. The predicted molar refractivity (Wildman–Crippen MR) is 261 cm³/mol. The molecule has 0 fully saturated rings. The topological polar surface area (TPSA) is 227 Å². The molecular formula is C41H46Cl3F8N9O10S2. The van der Waals surface area contributed by atoms with E-state index in [9.17, 15) is 72.3 Å². The lowest BCUT2D eigenvalue weighted by Crippen LogP contribution is -2.41. The molecule has 2 aromatic heterocycles. The second kappa shape index (κ2) is 29.1. The summed E-state index contributed by atoms with van der Waals surface area (Å²) >= 11 is 16.8. The highest BCUT2D eigenvalue weighted by Crippen LogP contribution is 2.31. The van der Waals surface area contributed by atoms with Crippen LogP contribution >= 0.6 is 46.1 Å². The van der Waals surface area contributed by atoms with Crippen molar-refractivity contribution in [3.8, 4) is 11.4 Å². The van der Waals surface area contributed by atoms with Crippen LogP contribution in [-0.2, 0) is 54.6 Å². The lowest BCUT2D eigenvalue weighted by molar-refractivity contribution is -0.144. The first-order valence-electron chi connectivity index (χ1n) is 20.6. The van der Waals surface area contributed by atoms with Gasteiger partial charge in [0.2, 0.25) is 9.05 Å². The molecule has 404 valence electrons. The predicted octanol–water partition coefficient (Wildman–Crippen LogP) is 6.45. The molecule has 0 saturated carbocycles. The summed E-state index contributed by atoms with van der Waals surface area (Å²) < 4.78 is 136. The molecule has 0 aliphatic rings. The Labute approximate surface area is 430 Å². The highest BCUT2D eigenvalue weighted by molar-refractivity contribution is 8.13. The number of nitrogens with zero attached hydrogens (tertiary/aromatic N) is 7. The third-order valence-corrected chi connectivity index (χ3v) is 9.66. The molecule has 4 aromatic rings. The van der Waals surface area contributed by atoms with Crippen molar-refractivity contribution in [3.05, 3.63) is 111 Å². The Balaban J connectivity index is 0.000000596. The normalized spacial score (nSPS) is 11.1. The zero-order chi connectivity index (χ0) is 56.3. The van der Waals surface area contributed by atoms with Crippen LogP contribution in [0.5, 0.6) is 0 Å². The first-order valence-corrected chi connectivity index (χ1v) is 24.5. The molecule has 0 aliphatic heterocycles. The van der Waals surface area contributed by atoms with E-state index in [4.69, 9.17) is 40.2 Å². The van der Waals surface area contributed by atoms with E-state index in [1.165, 1.54) is 19.6 Å². The molecule has 2 N–H and O–H groups in total. The first-order chi connectivity index (χ1) is 33.7. The minimum atomic E-state index is -4.96. The summed E-state index contributed by atoms with van der Waals surface area (Å²) in [5.74, 6) is -3.54. The summed E-state index contributed by atoms with van der Waals surface area (Å²) in [6.45, 7) is 13.0.